The molecule has 0 aliphatic heterocycles. The zero-order valence-electron chi connectivity index (χ0n) is 15.9. The summed E-state index contributed by atoms with van der Waals surface area (Å²) in [6.07, 6.45) is 3.77. The van der Waals surface area contributed by atoms with E-state index in [1.807, 2.05) is 6.26 Å². The molecule has 27 heavy (non-hydrogen) atoms. The number of carbonyl (C=O) groups is 2. The number of hydrogen-bond acceptors (Lipinski definition) is 5. The highest BCUT2D eigenvalue weighted by Gasteiger charge is 2.12. The van der Waals surface area contributed by atoms with E-state index in [0.717, 1.165) is 35.9 Å². The van der Waals surface area contributed by atoms with Crippen LogP contribution in [0.3, 0.4) is 0 Å². The first kappa shape index (κ1) is 21.0. The molecule has 0 unspecified atom stereocenters. The van der Waals surface area contributed by atoms with E-state index in [-0.39, 0.29) is 17.9 Å². The Morgan fingerprint density at radius 3 is 2.52 bits per heavy atom. The Kier molecular flexibility index (Phi) is 7.84. The van der Waals surface area contributed by atoms with Crippen molar-refractivity contribution in [2.24, 2.45) is 5.92 Å². The molecular weight excluding hydrogens is 364 g/mol. The lowest BCUT2D eigenvalue weighted by atomic mass is 10.1. The number of hydrogen-bond donors (Lipinski definition) is 2. The molecule has 8 heteroatoms. The van der Waals surface area contributed by atoms with Gasteiger partial charge in [-0.25, -0.2) is 4.79 Å². The van der Waals surface area contributed by atoms with Crippen LogP contribution in [0.15, 0.2) is 29.4 Å². The number of carboxylic acids is 1. The summed E-state index contributed by atoms with van der Waals surface area (Å²) < 4.78 is 2.15. The molecule has 1 heterocycles. The van der Waals surface area contributed by atoms with E-state index in [9.17, 15) is 9.59 Å². The van der Waals surface area contributed by atoms with Crippen LogP contribution < -0.4 is 5.32 Å². The maximum absolute atomic E-state index is 12.0. The molecule has 0 aliphatic carbocycles. The molecule has 0 saturated carbocycles. The van der Waals surface area contributed by atoms with Gasteiger partial charge in [0.25, 0.3) is 0 Å². The summed E-state index contributed by atoms with van der Waals surface area (Å²) in [5, 5.41) is 21.2. The normalized spacial score (nSPS) is 11.0. The highest BCUT2D eigenvalue weighted by Crippen LogP contribution is 2.16. The number of benzene rings is 1. The largest absolute Gasteiger partial charge is 0.478 e. The third-order valence-corrected chi connectivity index (χ3v) is 4.66. The van der Waals surface area contributed by atoms with Gasteiger partial charge in [-0.2, -0.15) is 0 Å². The molecule has 0 bridgehead atoms. The zero-order valence-corrected chi connectivity index (χ0v) is 16.8. The SMILES string of the molecule is CSc1nnc(CCCNC(=O)Cc2ccc(C(=O)O)cc2)n1CC(C)C. The summed E-state index contributed by atoms with van der Waals surface area (Å²) in [4.78, 5) is 22.9. The van der Waals surface area contributed by atoms with Gasteiger partial charge in [-0.1, -0.05) is 37.7 Å². The highest BCUT2D eigenvalue weighted by molar-refractivity contribution is 7.98. The average Bonchev–Trinajstić information content (AvgIpc) is 3.00. The molecule has 1 aromatic heterocycles. The minimum atomic E-state index is -0.971. The van der Waals surface area contributed by atoms with E-state index >= 15 is 0 Å². The minimum Gasteiger partial charge on any atom is -0.478 e. The standard InChI is InChI=1S/C19H26N4O3S/c1-13(2)12-23-16(21-22-19(23)27-3)5-4-10-20-17(24)11-14-6-8-15(9-7-14)18(25)26/h6-9,13H,4-5,10-12H2,1-3H3,(H,20,24)(H,25,26). The van der Waals surface area contributed by atoms with Gasteiger partial charge in [-0.3, -0.25) is 4.79 Å². The molecule has 146 valence electrons. The maximum Gasteiger partial charge on any atom is 0.335 e. The Morgan fingerprint density at radius 2 is 1.93 bits per heavy atom. The van der Waals surface area contributed by atoms with Crippen LogP contribution in [0.2, 0.25) is 0 Å². The molecule has 2 N–H and O–H groups in total. The van der Waals surface area contributed by atoms with Crippen LogP contribution in [-0.2, 0) is 24.2 Å². The van der Waals surface area contributed by atoms with Crippen molar-refractivity contribution in [3.8, 4) is 0 Å². The van der Waals surface area contributed by atoms with Crippen LogP contribution in [0, 0.1) is 5.92 Å². The third-order valence-electron chi connectivity index (χ3n) is 3.99. The van der Waals surface area contributed by atoms with Crippen molar-refractivity contribution in [3.63, 3.8) is 0 Å². The number of aromatic nitrogens is 3. The fourth-order valence-corrected chi connectivity index (χ4v) is 3.21. The number of carbonyl (C=O) groups excluding carboxylic acids is 1. The molecule has 0 aliphatic rings. The molecular formula is C19H26N4O3S. The Balaban J connectivity index is 1.78. The van der Waals surface area contributed by atoms with Gasteiger partial charge in [0.1, 0.15) is 5.82 Å². The first-order valence-electron chi connectivity index (χ1n) is 8.95. The van der Waals surface area contributed by atoms with E-state index in [4.69, 9.17) is 5.11 Å². The van der Waals surface area contributed by atoms with Crippen molar-refractivity contribution >= 4 is 23.6 Å². The number of aromatic carboxylic acids is 1. The van der Waals surface area contributed by atoms with Gasteiger partial charge in [-0.15, -0.1) is 10.2 Å². The van der Waals surface area contributed by atoms with E-state index in [1.165, 1.54) is 12.1 Å². The molecule has 1 aromatic carbocycles. The molecule has 1 amide bonds. The number of nitrogens with one attached hydrogen (secondary N) is 1. The van der Waals surface area contributed by atoms with Gasteiger partial charge in [0.2, 0.25) is 5.91 Å². The number of rotatable bonds is 10. The lowest BCUT2D eigenvalue weighted by molar-refractivity contribution is -0.120. The number of aryl methyl sites for hydroxylation is 1. The number of thioether (sulfide) groups is 1. The summed E-state index contributed by atoms with van der Waals surface area (Å²) in [5.41, 5.74) is 1.01. The Hall–Kier alpha value is -2.35. The quantitative estimate of drug-likeness (QED) is 0.478. The molecule has 2 rings (SSSR count). The van der Waals surface area contributed by atoms with Crippen molar-refractivity contribution in [2.75, 3.05) is 12.8 Å². The second-order valence-electron chi connectivity index (χ2n) is 6.74. The Labute approximate surface area is 163 Å². The van der Waals surface area contributed by atoms with Gasteiger partial charge in [0.15, 0.2) is 5.16 Å². The summed E-state index contributed by atoms with van der Waals surface area (Å²) in [6.45, 7) is 5.78. The first-order chi connectivity index (χ1) is 12.9. The molecule has 7 nitrogen and oxygen atoms in total. The fourth-order valence-electron chi connectivity index (χ4n) is 2.69. The fraction of sp³-hybridized carbons (Fsp3) is 0.474. The number of carboxylic acid groups (broad SMARTS) is 1. The van der Waals surface area contributed by atoms with E-state index in [2.05, 4.69) is 33.9 Å². The van der Waals surface area contributed by atoms with Gasteiger partial charge in [-0.05, 0) is 36.3 Å². The monoisotopic (exact) mass is 390 g/mol. The van der Waals surface area contributed by atoms with Crippen LogP contribution in [0.4, 0.5) is 0 Å². The summed E-state index contributed by atoms with van der Waals surface area (Å²) in [5.74, 6) is 0.414. The van der Waals surface area contributed by atoms with Crippen molar-refractivity contribution in [3.05, 3.63) is 41.2 Å². The van der Waals surface area contributed by atoms with Crippen LogP contribution in [-0.4, -0.2) is 44.5 Å². The zero-order chi connectivity index (χ0) is 19.8. The third kappa shape index (κ3) is 6.39. The minimum absolute atomic E-state index is 0.0773. The molecule has 0 saturated heterocycles. The van der Waals surface area contributed by atoms with Gasteiger partial charge in [0.05, 0.1) is 12.0 Å². The molecule has 0 spiro atoms. The predicted octanol–water partition coefficient (Wildman–Crippen LogP) is 2.65. The highest BCUT2D eigenvalue weighted by atomic mass is 32.2. The van der Waals surface area contributed by atoms with Crippen LogP contribution in [0.5, 0.6) is 0 Å². The Morgan fingerprint density at radius 1 is 1.22 bits per heavy atom. The average molecular weight is 391 g/mol. The van der Waals surface area contributed by atoms with Gasteiger partial charge >= 0.3 is 5.97 Å². The van der Waals surface area contributed by atoms with E-state index < -0.39 is 5.97 Å². The lowest BCUT2D eigenvalue weighted by Crippen LogP contribution is -2.26. The van der Waals surface area contributed by atoms with Crippen LogP contribution in [0.25, 0.3) is 0 Å². The number of nitrogens with zero attached hydrogens (tertiary/aromatic N) is 3. The predicted molar refractivity (Wildman–Crippen MR) is 105 cm³/mol. The van der Waals surface area contributed by atoms with Gasteiger partial charge in [0, 0.05) is 19.5 Å². The number of amides is 1. The van der Waals surface area contributed by atoms with Crippen molar-refractivity contribution < 1.29 is 14.7 Å². The van der Waals surface area contributed by atoms with Gasteiger partial charge < -0.3 is 15.0 Å². The first-order valence-corrected chi connectivity index (χ1v) is 10.2. The van der Waals surface area contributed by atoms with Crippen molar-refractivity contribution in [1.29, 1.82) is 0 Å². The summed E-state index contributed by atoms with van der Waals surface area (Å²) in [7, 11) is 0. The summed E-state index contributed by atoms with van der Waals surface area (Å²) >= 11 is 1.59. The van der Waals surface area contributed by atoms with Crippen molar-refractivity contribution in [2.45, 2.75) is 44.8 Å². The molecule has 0 atom stereocenters. The second kappa shape index (κ2) is 10.1. The summed E-state index contributed by atoms with van der Waals surface area (Å²) in [6, 6.07) is 6.36. The van der Waals surface area contributed by atoms with Crippen LogP contribution >= 0.6 is 11.8 Å². The lowest BCUT2D eigenvalue weighted by Gasteiger charge is -2.11. The maximum atomic E-state index is 12.0. The Bertz CT molecular complexity index is 772. The second-order valence-corrected chi connectivity index (χ2v) is 7.51. The topological polar surface area (TPSA) is 97.1 Å². The smallest absolute Gasteiger partial charge is 0.335 e. The van der Waals surface area contributed by atoms with Crippen LogP contribution in [0.1, 0.15) is 42.0 Å². The van der Waals surface area contributed by atoms with E-state index in [1.54, 1.807) is 23.9 Å². The molecule has 0 radical (unpaired) electrons. The van der Waals surface area contributed by atoms with E-state index in [0.29, 0.717) is 12.5 Å². The molecule has 2 aromatic rings. The molecule has 0 fully saturated rings. The van der Waals surface area contributed by atoms with Crippen molar-refractivity contribution in [1.82, 2.24) is 20.1 Å².